The number of rotatable bonds is 3. The molecule has 1 unspecified atom stereocenters. The minimum atomic E-state index is -0.571. The van der Waals surface area contributed by atoms with E-state index >= 15 is 0 Å². The predicted molar refractivity (Wildman–Crippen MR) is 65.2 cm³/mol. The van der Waals surface area contributed by atoms with E-state index in [0.717, 1.165) is 0 Å². The highest BCUT2D eigenvalue weighted by atomic mass is 79.9. The molecule has 0 N–H and O–H groups in total. The van der Waals surface area contributed by atoms with Gasteiger partial charge in [-0.1, -0.05) is 15.9 Å². The molecule has 0 spiro atoms. The zero-order valence-corrected chi connectivity index (χ0v) is 10.9. The Labute approximate surface area is 107 Å². The van der Waals surface area contributed by atoms with Crippen LogP contribution in [0.4, 0.5) is 0 Å². The second-order valence-corrected chi connectivity index (χ2v) is 4.76. The van der Waals surface area contributed by atoms with Crippen LogP contribution < -0.4 is 0 Å². The van der Waals surface area contributed by atoms with Crippen molar-refractivity contribution in [1.82, 2.24) is 0 Å². The molecular formula is C12H10BrNO3. The van der Waals surface area contributed by atoms with Gasteiger partial charge in [-0.2, -0.15) is 5.26 Å². The summed E-state index contributed by atoms with van der Waals surface area (Å²) < 4.78 is 4.56. The smallest absolute Gasteiger partial charge is 0.337 e. The first-order chi connectivity index (χ1) is 7.99. The van der Waals surface area contributed by atoms with E-state index < -0.39 is 5.97 Å². The lowest BCUT2D eigenvalue weighted by Crippen LogP contribution is -2.12. The Bertz CT molecular complexity index is 503. The number of nitriles is 1. The van der Waals surface area contributed by atoms with Gasteiger partial charge in [-0.15, -0.1) is 0 Å². The van der Waals surface area contributed by atoms with Gasteiger partial charge in [0.2, 0.25) is 0 Å². The number of nitrogens with zero attached hydrogens (tertiary/aromatic N) is 1. The molecule has 0 aromatic heterocycles. The highest BCUT2D eigenvalue weighted by Crippen LogP contribution is 2.15. The first kappa shape index (κ1) is 13.4. The molecule has 5 heteroatoms. The van der Waals surface area contributed by atoms with Gasteiger partial charge in [-0.3, -0.25) is 4.79 Å². The van der Waals surface area contributed by atoms with Gasteiger partial charge in [0.1, 0.15) is 0 Å². The number of hydrogen-bond acceptors (Lipinski definition) is 4. The normalized spacial score (nSPS) is 11.4. The van der Waals surface area contributed by atoms with Gasteiger partial charge >= 0.3 is 5.97 Å². The molecule has 17 heavy (non-hydrogen) atoms. The minimum Gasteiger partial charge on any atom is -0.465 e. The number of methoxy groups -OCH3 is 1. The SMILES string of the molecule is COC(=O)c1cc(C#N)cc(C(=O)C(C)Br)c1. The lowest BCUT2D eigenvalue weighted by Gasteiger charge is -2.06. The lowest BCUT2D eigenvalue weighted by molar-refractivity contribution is 0.0600. The molecule has 1 rings (SSSR count). The van der Waals surface area contributed by atoms with Crippen molar-refractivity contribution in [2.24, 2.45) is 0 Å². The Balaban J connectivity index is 3.29. The Morgan fingerprint density at radius 1 is 1.35 bits per heavy atom. The van der Waals surface area contributed by atoms with Gasteiger partial charge in [0.05, 0.1) is 29.1 Å². The Morgan fingerprint density at radius 2 is 1.94 bits per heavy atom. The van der Waals surface area contributed by atoms with Crippen molar-refractivity contribution in [3.05, 3.63) is 34.9 Å². The van der Waals surface area contributed by atoms with Crippen molar-refractivity contribution < 1.29 is 14.3 Å². The van der Waals surface area contributed by atoms with Crippen LogP contribution in [0.3, 0.4) is 0 Å². The third-order valence-electron chi connectivity index (χ3n) is 2.13. The number of halogens is 1. The van der Waals surface area contributed by atoms with Crippen molar-refractivity contribution in [2.75, 3.05) is 7.11 Å². The first-order valence-electron chi connectivity index (χ1n) is 4.81. The van der Waals surface area contributed by atoms with Gasteiger partial charge in [0.15, 0.2) is 5.78 Å². The molecule has 1 atom stereocenters. The molecule has 4 nitrogen and oxygen atoms in total. The fourth-order valence-electron chi connectivity index (χ4n) is 1.30. The van der Waals surface area contributed by atoms with Crippen molar-refractivity contribution in [2.45, 2.75) is 11.8 Å². The third kappa shape index (κ3) is 3.14. The van der Waals surface area contributed by atoms with E-state index in [2.05, 4.69) is 20.7 Å². The summed E-state index contributed by atoms with van der Waals surface area (Å²) in [6.07, 6.45) is 0. The molecule has 0 amide bonds. The standard InChI is InChI=1S/C12H10BrNO3/c1-7(13)11(15)9-3-8(6-14)4-10(5-9)12(16)17-2/h3-5,7H,1-2H3. The minimum absolute atomic E-state index is 0.188. The molecular weight excluding hydrogens is 286 g/mol. The molecule has 0 saturated carbocycles. The van der Waals surface area contributed by atoms with E-state index in [-0.39, 0.29) is 21.7 Å². The molecule has 0 fully saturated rings. The highest BCUT2D eigenvalue weighted by molar-refractivity contribution is 9.10. The van der Waals surface area contributed by atoms with Crippen molar-refractivity contribution in [3.63, 3.8) is 0 Å². The summed E-state index contributed by atoms with van der Waals surface area (Å²) in [7, 11) is 1.25. The van der Waals surface area contributed by atoms with Gasteiger partial charge in [-0.05, 0) is 25.1 Å². The molecule has 88 valence electrons. The number of alkyl halides is 1. The van der Waals surface area contributed by atoms with Crippen LogP contribution in [-0.2, 0) is 4.74 Å². The van der Waals surface area contributed by atoms with E-state index in [4.69, 9.17) is 5.26 Å². The van der Waals surface area contributed by atoms with Crippen molar-refractivity contribution >= 4 is 27.7 Å². The second kappa shape index (κ2) is 5.60. The van der Waals surface area contributed by atoms with E-state index in [1.807, 2.05) is 6.07 Å². The van der Waals surface area contributed by atoms with Crippen LogP contribution in [-0.4, -0.2) is 23.7 Å². The zero-order chi connectivity index (χ0) is 13.0. The molecule has 0 radical (unpaired) electrons. The number of ether oxygens (including phenoxy) is 1. The lowest BCUT2D eigenvalue weighted by atomic mass is 10.0. The fourth-order valence-corrected chi connectivity index (χ4v) is 1.56. The zero-order valence-electron chi connectivity index (χ0n) is 9.36. The summed E-state index contributed by atoms with van der Waals surface area (Å²) in [6, 6.07) is 6.17. The van der Waals surface area contributed by atoms with Crippen LogP contribution in [0.1, 0.15) is 33.2 Å². The van der Waals surface area contributed by atoms with Gasteiger partial charge < -0.3 is 4.74 Å². The summed E-state index contributed by atoms with van der Waals surface area (Å²) in [4.78, 5) is 22.8. The maximum atomic E-state index is 11.8. The molecule has 1 aromatic rings. The second-order valence-electron chi connectivity index (χ2n) is 3.38. The van der Waals surface area contributed by atoms with Crippen LogP contribution >= 0.6 is 15.9 Å². The maximum Gasteiger partial charge on any atom is 0.337 e. The monoisotopic (exact) mass is 295 g/mol. The number of carbonyl (C=O) groups is 2. The van der Waals surface area contributed by atoms with Gasteiger partial charge in [0.25, 0.3) is 0 Å². The quantitative estimate of drug-likeness (QED) is 0.487. The molecule has 0 aliphatic rings. The van der Waals surface area contributed by atoms with Gasteiger partial charge in [-0.25, -0.2) is 4.79 Å². The highest BCUT2D eigenvalue weighted by Gasteiger charge is 2.16. The number of ketones is 1. The number of hydrogen-bond donors (Lipinski definition) is 0. The predicted octanol–water partition coefficient (Wildman–Crippen LogP) is 2.31. The summed E-state index contributed by atoms with van der Waals surface area (Å²) in [5.41, 5.74) is 0.765. The van der Waals surface area contributed by atoms with E-state index in [1.165, 1.54) is 25.3 Å². The summed E-state index contributed by atoms with van der Waals surface area (Å²) >= 11 is 3.15. The van der Waals surface area contributed by atoms with Crippen LogP contribution in [0.2, 0.25) is 0 Å². The summed E-state index contributed by atoms with van der Waals surface area (Å²) in [6.45, 7) is 1.68. The summed E-state index contributed by atoms with van der Waals surface area (Å²) in [5, 5.41) is 8.84. The molecule has 0 heterocycles. The van der Waals surface area contributed by atoms with Crippen LogP contribution in [0.25, 0.3) is 0 Å². The van der Waals surface area contributed by atoms with Crippen molar-refractivity contribution in [1.29, 1.82) is 5.26 Å². The van der Waals surface area contributed by atoms with E-state index in [9.17, 15) is 9.59 Å². The average molecular weight is 296 g/mol. The van der Waals surface area contributed by atoms with Crippen LogP contribution in [0.15, 0.2) is 18.2 Å². The third-order valence-corrected chi connectivity index (χ3v) is 2.54. The molecule has 0 aliphatic heterocycles. The Hall–Kier alpha value is -1.67. The summed E-state index contributed by atoms with van der Waals surface area (Å²) in [5.74, 6) is -0.759. The maximum absolute atomic E-state index is 11.8. The van der Waals surface area contributed by atoms with Crippen LogP contribution in [0, 0.1) is 11.3 Å². The number of esters is 1. The molecule has 0 saturated heterocycles. The molecule has 0 bridgehead atoms. The Morgan fingerprint density at radius 3 is 2.41 bits per heavy atom. The number of carbonyl (C=O) groups excluding carboxylic acids is 2. The topological polar surface area (TPSA) is 67.2 Å². The fraction of sp³-hybridized carbons (Fsp3) is 0.250. The van der Waals surface area contributed by atoms with E-state index in [0.29, 0.717) is 5.56 Å². The van der Waals surface area contributed by atoms with Crippen molar-refractivity contribution in [3.8, 4) is 6.07 Å². The van der Waals surface area contributed by atoms with E-state index in [1.54, 1.807) is 6.92 Å². The number of benzene rings is 1. The largest absolute Gasteiger partial charge is 0.465 e. The number of Topliss-reactive ketones (excluding diaryl/α,β-unsaturated/α-hetero) is 1. The molecule has 0 aliphatic carbocycles. The average Bonchev–Trinajstić information content (AvgIpc) is 2.35. The van der Waals surface area contributed by atoms with Gasteiger partial charge in [0, 0.05) is 5.56 Å². The Kier molecular flexibility index (Phi) is 4.41. The first-order valence-corrected chi connectivity index (χ1v) is 5.73. The van der Waals surface area contributed by atoms with Crippen LogP contribution in [0.5, 0.6) is 0 Å². The molecule has 1 aromatic carbocycles.